The summed E-state index contributed by atoms with van der Waals surface area (Å²) in [5.74, 6) is -0.998. The van der Waals surface area contributed by atoms with Crippen molar-refractivity contribution in [3.8, 4) is 0 Å². The third kappa shape index (κ3) is 4.57. The molecule has 6 nitrogen and oxygen atoms in total. The van der Waals surface area contributed by atoms with Crippen molar-refractivity contribution in [2.75, 3.05) is 6.54 Å². The van der Waals surface area contributed by atoms with Crippen LogP contribution in [0.15, 0.2) is 12.3 Å². The van der Waals surface area contributed by atoms with E-state index in [4.69, 9.17) is 5.11 Å². The molecule has 6 heteroatoms. The molecule has 1 rings (SSSR count). The van der Waals surface area contributed by atoms with Crippen LogP contribution in [0.3, 0.4) is 0 Å². The Morgan fingerprint density at radius 3 is 3.00 bits per heavy atom. The summed E-state index contributed by atoms with van der Waals surface area (Å²) in [5, 5.41) is 24.7. The minimum Gasteiger partial charge on any atom is -0.481 e. The number of carbonyl (C=O) groups is 1. The molecule has 0 amide bonds. The molecule has 0 fully saturated rings. The second kappa shape index (κ2) is 5.47. The number of nitrogens with one attached hydrogen (secondary N) is 1. The van der Waals surface area contributed by atoms with Crippen LogP contribution in [0.4, 0.5) is 0 Å². The molecule has 1 aromatic rings. The van der Waals surface area contributed by atoms with Gasteiger partial charge in [-0.25, -0.2) is 0 Å². The van der Waals surface area contributed by atoms with Gasteiger partial charge in [0.1, 0.15) is 0 Å². The fourth-order valence-electron chi connectivity index (χ4n) is 1.20. The number of aliphatic carboxylic acids is 1. The normalized spacial score (nSPS) is 12.7. The number of hydrogen-bond acceptors (Lipinski definition) is 4. The van der Waals surface area contributed by atoms with E-state index in [0.717, 1.165) is 5.69 Å². The first-order chi connectivity index (χ1) is 7.08. The lowest BCUT2D eigenvalue weighted by atomic mass is 10.2. The van der Waals surface area contributed by atoms with E-state index in [1.54, 1.807) is 4.68 Å². The van der Waals surface area contributed by atoms with E-state index in [1.807, 2.05) is 19.3 Å². The van der Waals surface area contributed by atoms with E-state index >= 15 is 0 Å². The molecule has 1 unspecified atom stereocenters. The molecule has 1 heterocycles. The zero-order chi connectivity index (χ0) is 11.3. The largest absolute Gasteiger partial charge is 0.481 e. The summed E-state index contributed by atoms with van der Waals surface area (Å²) in [4.78, 5) is 10.2. The van der Waals surface area contributed by atoms with Gasteiger partial charge in [-0.15, -0.1) is 0 Å². The van der Waals surface area contributed by atoms with Gasteiger partial charge in [0.25, 0.3) is 0 Å². The predicted octanol–water partition coefficient (Wildman–Crippen LogP) is -0.655. The average Bonchev–Trinajstić information content (AvgIpc) is 2.50. The van der Waals surface area contributed by atoms with Gasteiger partial charge in [0, 0.05) is 26.3 Å². The Kier molecular flexibility index (Phi) is 4.26. The lowest BCUT2D eigenvalue weighted by Gasteiger charge is -2.07. The first-order valence-corrected chi connectivity index (χ1v) is 4.67. The standard InChI is InChI=1S/C9H15N3O3/c1-12-3-2-7(11-12)5-10-6-8(13)4-9(14)15/h2-3,8,10,13H,4-6H2,1H3,(H,14,15). The maximum absolute atomic E-state index is 10.2. The Morgan fingerprint density at radius 1 is 1.73 bits per heavy atom. The number of aliphatic hydroxyl groups is 1. The summed E-state index contributed by atoms with van der Waals surface area (Å²) in [7, 11) is 1.82. The molecular formula is C9H15N3O3. The molecule has 0 aliphatic carbocycles. The van der Waals surface area contributed by atoms with Gasteiger partial charge in [0.15, 0.2) is 0 Å². The zero-order valence-electron chi connectivity index (χ0n) is 8.55. The van der Waals surface area contributed by atoms with Gasteiger partial charge in [-0.05, 0) is 6.07 Å². The van der Waals surface area contributed by atoms with E-state index in [9.17, 15) is 9.90 Å². The molecule has 0 spiro atoms. The van der Waals surface area contributed by atoms with E-state index < -0.39 is 12.1 Å². The highest BCUT2D eigenvalue weighted by Gasteiger charge is 2.08. The fraction of sp³-hybridized carbons (Fsp3) is 0.556. The second-order valence-electron chi connectivity index (χ2n) is 3.36. The Bertz CT molecular complexity index is 324. The number of rotatable bonds is 6. The van der Waals surface area contributed by atoms with E-state index in [2.05, 4.69) is 10.4 Å². The quantitative estimate of drug-likeness (QED) is 0.584. The summed E-state index contributed by atoms with van der Waals surface area (Å²) in [6.07, 6.45) is 0.728. The Balaban J connectivity index is 2.18. The number of carboxylic acid groups (broad SMARTS) is 1. The minimum absolute atomic E-state index is 0.241. The maximum Gasteiger partial charge on any atom is 0.306 e. The van der Waals surface area contributed by atoms with Crippen molar-refractivity contribution in [1.29, 1.82) is 0 Å². The first-order valence-electron chi connectivity index (χ1n) is 4.67. The van der Waals surface area contributed by atoms with Gasteiger partial charge >= 0.3 is 5.97 Å². The Labute approximate surface area is 87.5 Å². The molecule has 15 heavy (non-hydrogen) atoms. The second-order valence-corrected chi connectivity index (χ2v) is 3.36. The van der Waals surface area contributed by atoms with Crippen molar-refractivity contribution in [2.24, 2.45) is 7.05 Å². The van der Waals surface area contributed by atoms with Gasteiger partial charge in [-0.1, -0.05) is 0 Å². The highest BCUT2D eigenvalue weighted by molar-refractivity contribution is 5.67. The molecule has 0 aromatic carbocycles. The fourth-order valence-corrected chi connectivity index (χ4v) is 1.20. The molecular weight excluding hydrogens is 198 g/mol. The number of carboxylic acids is 1. The summed E-state index contributed by atoms with van der Waals surface area (Å²) >= 11 is 0. The highest BCUT2D eigenvalue weighted by Crippen LogP contribution is 1.94. The van der Waals surface area contributed by atoms with Crippen LogP contribution in [-0.4, -0.2) is 38.6 Å². The third-order valence-electron chi connectivity index (χ3n) is 1.87. The summed E-state index contributed by atoms with van der Waals surface area (Å²) in [6.45, 7) is 0.778. The molecule has 1 aromatic heterocycles. The minimum atomic E-state index is -0.998. The maximum atomic E-state index is 10.2. The van der Waals surface area contributed by atoms with Crippen LogP contribution in [0.5, 0.6) is 0 Å². The van der Waals surface area contributed by atoms with Crippen LogP contribution in [0.25, 0.3) is 0 Å². The molecule has 0 radical (unpaired) electrons. The molecule has 0 aliphatic rings. The van der Waals surface area contributed by atoms with Crippen LogP contribution in [0, 0.1) is 0 Å². The molecule has 0 saturated heterocycles. The van der Waals surface area contributed by atoms with Crippen molar-refractivity contribution < 1.29 is 15.0 Å². The summed E-state index contributed by atoms with van der Waals surface area (Å²) < 4.78 is 1.69. The summed E-state index contributed by atoms with van der Waals surface area (Å²) in [6, 6.07) is 1.86. The van der Waals surface area contributed by atoms with Crippen LogP contribution in [0.2, 0.25) is 0 Å². The average molecular weight is 213 g/mol. The van der Waals surface area contributed by atoms with Crippen LogP contribution < -0.4 is 5.32 Å². The lowest BCUT2D eigenvalue weighted by Crippen LogP contribution is -2.28. The Morgan fingerprint density at radius 2 is 2.47 bits per heavy atom. The number of aromatic nitrogens is 2. The van der Waals surface area contributed by atoms with Crippen molar-refractivity contribution in [3.63, 3.8) is 0 Å². The van der Waals surface area contributed by atoms with Crippen molar-refractivity contribution >= 4 is 5.97 Å². The number of aliphatic hydroxyl groups excluding tert-OH is 1. The first kappa shape index (κ1) is 11.7. The van der Waals surface area contributed by atoms with Gasteiger partial charge in [-0.2, -0.15) is 5.10 Å². The van der Waals surface area contributed by atoms with E-state index in [0.29, 0.717) is 6.54 Å². The van der Waals surface area contributed by atoms with E-state index in [-0.39, 0.29) is 13.0 Å². The predicted molar refractivity (Wildman–Crippen MR) is 53.2 cm³/mol. The molecule has 1 atom stereocenters. The van der Waals surface area contributed by atoms with Crippen LogP contribution in [-0.2, 0) is 18.4 Å². The molecule has 0 bridgehead atoms. The molecule has 0 saturated carbocycles. The number of nitrogens with zero attached hydrogens (tertiary/aromatic N) is 2. The molecule has 3 N–H and O–H groups in total. The molecule has 84 valence electrons. The van der Waals surface area contributed by atoms with Crippen LogP contribution >= 0.6 is 0 Å². The van der Waals surface area contributed by atoms with Crippen molar-refractivity contribution in [1.82, 2.24) is 15.1 Å². The smallest absolute Gasteiger partial charge is 0.306 e. The number of hydrogen-bond donors (Lipinski definition) is 3. The monoisotopic (exact) mass is 213 g/mol. The summed E-state index contributed by atoms with van der Waals surface area (Å²) in [5.41, 5.74) is 0.861. The third-order valence-corrected chi connectivity index (χ3v) is 1.87. The Hall–Kier alpha value is -1.40. The zero-order valence-corrected chi connectivity index (χ0v) is 8.55. The van der Waals surface area contributed by atoms with Crippen LogP contribution in [0.1, 0.15) is 12.1 Å². The lowest BCUT2D eigenvalue weighted by molar-refractivity contribution is -0.139. The number of aryl methyl sites for hydroxylation is 1. The van der Waals surface area contributed by atoms with E-state index in [1.165, 1.54) is 0 Å². The van der Waals surface area contributed by atoms with Gasteiger partial charge < -0.3 is 15.5 Å². The topological polar surface area (TPSA) is 87.4 Å². The SMILES string of the molecule is Cn1ccc(CNCC(O)CC(=O)O)n1. The van der Waals surface area contributed by atoms with Crippen molar-refractivity contribution in [3.05, 3.63) is 18.0 Å². The highest BCUT2D eigenvalue weighted by atomic mass is 16.4. The van der Waals surface area contributed by atoms with Crippen molar-refractivity contribution in [2.45, 2.75) is 19.1 Å². The van der Waals surface area contributed by atoms with Gasteiger partial charge in [0.2, 0.25) is 0 Å². The van der Waals surface area contributed by atoms with Gasteiger partial charge in [0.05, 0.1) is 18.2 Å². The molecule has 0 aliphatic heterocycles. The van der Waals surface area contributed by atoms with Gasteiger partial charge in [-0.3, -0.25) is 9.48 Å².